The second-order valence-electron chi connectivity index (χ2n) is 10.3. The van der Waals surface area contributed by atoms with Crippen LogP contribution in [0, 0.1) is 18.7 Å². The number of benzene rings is 2. The van der Waals surface area contributed by atoms with Crippen LogP contribution in [-0.4, -0.2) is 31.1 Å². The minimum atomic E-state index is -0.288. The Morgan fingerprint density at radius 3 is 2.59 bits per heavy atom. The van der Waals surface area contributed by atoms with E-state index in [9.17, 15) is 9.18 Å². The van der Waals surface area contributed by atoms with Crippen molar-refractivity contribution in [3.05, 3.63) is 84.6 Å². The summed E-state index contributed by atoms with van der Waals surface area (Å²) in [6.07, 6.45) is 5.61. The van der Waals surface area contributed by atoms with Gasteiger partial charge < -0.3 is 10.3 Å². The average molecular weight is 519 g/mol. The van der Waals surface area contributed by atoms with Gasteiger partial charge in [-0.3, -0.25) is 19.9 Å². The van der Waals surface area contributed by atoms with Gasteiger partial charge in [0.1, 0.15) is 11.5 Å². The summed E-state index contributed by atoms with van der Waals surface area (Å²) >= 11 is 0. The van der Waals surface area contributed by atoms with Crippen molar-refractivity contribution in [3.63, 3.8) is 0 Å². The molecular formula is C31H27FN6O. The maximum Gasteiger partial charge on any atom is 0.224 e. The first kappa shape index (κ1) is 24.5. The van der Waals surface area contributed by atoms with Crippen LogP contribution in [0.2, 0.25) is 0 Å². The van der Waals surface area contributed by atoms with Crippen molar-refractivity contribution in [2.24, 2.45) is 5.92 Å². The number of aromatic amines is 2. The number of nitrogens with zero attached hydrogens (tertiary/aromatic N) is 3. The molecule has 0 atom stereocenters. The third-order valence-electron chi connectivity index (χ3n) is 6.63. The molecule has 2 aromatic carbocycles. The number of nitrogens with one attached hydrogen (secondary N) is 3. The number of fused-ring (bicyclic) bond motifs is 2. The fraction of sp³-hybridized carbons (Fsp3) is 0.161. The molecule has 6 rings (SSSR count). The van der Waals surface area contributed by atoms with E-state index in [4.69, 9.17) is 0 Å². The van der Waals surface area contributed by atoms with Crippen molar-refractivity contribution in [2.75, 3.05) is 5.32 Å². The molecular weight excluding hydrogens is 491 g/mol. The molecule has 0 fully saturated rings. The van der Waals surface area contributed by atoms with E-state index in [0.29, 0.717) is 17.8 Å². The first-order valence-corrected chi connectivity index (χ1v) is 12.8. The number of amides is 1. The quantitative estimate of drug-likeness (QED) is 0.216. The van der Waals surface area contributed by atoms with Crippen molar-refractivity contribution in [1.29, 1.82) is 0 Å². The normalized spacial score (nSPS) is 11.5. The second kappa shape index (κ2) is 9.79. The van der Waals surface area contributed by atoms with Gasteiger partial charge in [0, 0.05) is 46.2 Å². The number of carbonyl (C=O) groups is 1. The molecule has 0 saturated carbocycles. The second-order valence-corrected chi connectivity index (χ2v) is 10.3. The molecule has 0 saturated heterocycles. The fourth-order valence-corrected chi connectivity index (χ4v) is 4.93. The number of hydrogen-bond donors (Lipinski definition) is 3. The van der Waals surface area contributed by atoms with Crippen LogP contribution < -0.4 is 5.32 Å². The largest absolute Gasteiger partial charge is 0.353 e. The highest BCUT2D eigenvalue weighted by Crippen LogP contribution is 2.35. The minimum absolute atomic E-state index is 0.0300. The number of rotatable bonds is 6. The summed E-state index contributed by atoms with van der Waals surface area (Å²) < 4.78 is 14.2. The molecule has 0 aliphatic carbocycles. The van der Waals surface area contributed by atoms with Crippen molar-refractivity contribution in [1.82, 2.24) is 25.1 Å². The van der Waals surface area contributed by atoms with Gasteiger partial charge in [0.2, 0.25) is 5.91 Å². The van der Waals surface area contributed by atoms with Gasteiger partial charge in [-0.05, 0) is 72.5 Å². The molecule has 6 aromatic rings. The molecule has 194 valence electrons. The van der Waals surface area contributed by atoms with Crippen LogP contribution in [0.3, 0.4) is 0 Å². The lowest BCUT2D eigenvalue weighted by Gasteiger charge is -2.09. The predicted octanol–water partition coefficient (Wildman–Crippen LogP) is 7.27. The lowest BCUT2D eigenvalue weighted by atomic mass is 10.0. The van der Waals surface area contributed by atoms with Crippen LogP contribution in [-0.2, 0) is 4.79 Å². The molecule has 4 aromatic heterocycles. The fourth-order valence-electron chi connectivity index (χ4n) is 4.93. The smallest absolute Gasteiger partial charge is 0.224 e. The molecule has 4 heterocycles. The maximum absolute atomic E-state index is 14.2. The molecule has 3 N–H and O–H groups in total. The number of aryl methyl sites for hydroxylation is 1. The van der Waals surface area contributed by atoms with Gasteiger partial charge in [-0.25, -0.2) is 4.39 Å². The zero-order valence-corrected chi connectivity index (χ0v) is 21.8. The zero-order valence-electron chi connectivity index (χ0n) is 21.8. The van der Waals surface area contributed by atoms with Crippen LogP contribution in [0.25, 0.3) is 55.6 Å². The average Bonchev–Trinajstić information content (AvgIpc) is 3.51. The van der Waals surface area contributed by atoms with Crippen LogP contribution >= 0.6 is 0 Å². The highest BCUT2D eigenvalue weighted by Gasteiger charge is 2.16. The SMILES string of the molecule is Cc1cc(F)cc(-c2nccc3[nH]c(-c4n[nH]c5ccc(-c6cncc(NC(=O)CC(C)C)c6)cc45)cc23)c1. The van der Waals surface area contributed by atoms with E-state index in [-0.39, 0.29) is 17.6 Å². The topological polar surface area (TPSA) is 99.3 Å². The molecule has 7 nitrogen and oxygen atoms in total. The van der Waals surface area contributed by atoms with Gasteiger partial charge in [0.15, 0.2) is 0 Å². The van der Waals surface area contributed by atoms with Crippen LogP contribution in [0.4, 0.5) is 10.1 Å². The Kier molecular flexibility index (Phi) is 6.15. The number of aromatic nitrogens is 5. The molecule has 0 spiro atoms. The first-order chi connectivity index (χ1) is 18.8. The first-order valence-electron chi connectivity index (χ1n) is 12.8. The number of hydrogen-bond acceptors (Lipinski definition) is 4. The van der Waals surface area contributed by atoms with E-state index in [1.54, 1.807) is 18.6 Å². The molecule has 0 radical (unpaired) electrons. The van der Waals surface area contributed by atoms with Crippen LogP contribution in [0.15, 0.2) is 73.2 Å². The monoisotopic (exact) mass is 518 g/mol. The van der Waals surface area contributed by atoms with E-state index < -0.39 is 0 Å². The predicted molar refractivity (Wildman–Crippen MR) is 153 cm³/mol. The van der Waals surface area contributed by atoms with E-state index in [1.807, 2.05) is 57.2 Å². The zero-order chi connectivity index (χ0) is 27.1. The number of pyridine rings is 2. The maximum atomic E-state index is 14.2. The van der Waals surface area contributed by atoms with Gasteiger partial charge in [-0.1, -0.05) is 19.9 Å². The highest BCUT2D eigenvalue weighted by atomic mass is 19.1. The minimum Gasteiger partial charge on any atom is -0.353 e. The van der Waals surface area contributed by atoms with Gasteiger partial charge in [0.25, 0.3) is 0 Å². The molecule has 0 unspecified atom stereocenters. The van der Waals surface area contributed by atoms with Gasteiger partial charge in [-0.2, -0.15) is 5.10 Å². The lowest BCUT2D eigenvalue weighted by Crippen LogP contribution is -2.13. The Morgan fingerprint density at radius 2 is 1.77 bits per heavy atom. The summed E-state index contributed by atoms with van der Waals surface area (Å²) in [6.45, 7) is 5.89. The van der Waals surface area contributed by atoms with E-state index in [1.165, 1.54) is 12.1 Å². The summed E-state index contributed by atoms with van der Waals surface area (Å²) in [5, 5.41) is 12.5. The molecule has 8 heteroatoms. The Hall–Kier alpha value is -4.85. The van der Waals surface area contributed by atoms with Crippen molar-refractivity contribution in [2.45, 2.75) is 27.2 Å². The van der Waals surface area contributed by atoms with Gasteiger partial charge in [-0.15, -0.1) is 0 Å². The highest BCUT2D eigenvalue weighted by molar-refractivity contribution is 6.01. The van der Waals surface area contributed by atoms with Crippen molar-refractivity contribution >= 4 is 33.4 Å². The molecule has 39 heavy (non-hydrogen) atoms. The summed E-state index contributed by atoms with van der Waals surface area (Å²) in [5.41, 5.74) is 8.13. The third kappa shape index (κ3) is 4.88. The van der Waals surface area contributed by atoms with E-state index in [0.717, 1.165) is 55.4 Å². The summed E-state index contributed by atoms with van der Waals surface area (Å²) in [4.78, 5) is 24.6. The lowest BCUT2D eigenvalue weighted by molar-refractivity contribution is -0.116. The Bertz CT molecular complexity index is 1830. The molecule has 0 aliphatic heterocycles. The number of anilines is 1. The van der Waals surface area contributed by atoms with Crippen molar-refractivity contribution in [3.8, 4) is 33.8 Å². The van der Waals surface area contributed by atoms with E-state index >= 15 is 0 Å². The molecule has 1 amide bonds. The molecule has 0 bridgehead atoms. The standard InChI is InChI=1S/C31H27FN6O/c1-17(2)8-29(39)35-23-12-21(15-33-16-23)19-4-5-27-24(13-19)31(38-37-27)28-14-25-26(36-28)6-7-34-30(25)20-9-18(3)10-22(32)11-20/h4-7,9-17,36H,8H2,1-3H3,(H,35,39)(H,37,38). The number of carbonyl (C=O) groups excluding carboxylic acids is 1. The Labute approximate surface area is 224 Å². The van der Waals surface area contributed by atoms with Crippen LogP contribution in [0.1, 0.15) is 25.8 Å². The Morgan fingerprint density at radius 1 is 0.923 bits per heavy atom. The third-order valence-corrected chi connectivity index (χ3v) is 6.63. The Balaban J connectivity index is 1.39. The van der Waals surface area contributed by atoms with Crippen molar-refractivity contribution < 1.29 is 9.18 Å². The summed E-state index contributed by atoms with van der Waals surface area (Å²) in [6, 6.07) is 16.8. The van der Waals surface area contributed by atoms with Gasteiger partial charge in [0.05, 0.1) is 28.8 Å². The number of H-pyrrole nitrogens is 2. The van der Waals surface area contributed by atoms with Gasteiger partial charge >= 0.3 is 0 Å². The molecule has 0 aliphatic rings. The summed E-state index contributed by atoms with van der Waals surface area (Å²) in [7, 11) is 0. The number of halogens is 1. The van der Waals surface area contributed by atoms with Crippen LogP contribution in [0.5, 0.6) is 0 Å². The van der Waals surface area contributed by atoms with E-state index in [2.05, 4.69) is 36.5 Å². The summed E-state index contributed by atoms with van der Waals surface area (Å²) in [5.74, 6) is -0.0430.